The van der Waals surface area contributed by atoms with Gasteiger partial charge in [0.15, 0.2) is 0 Å². The van der Waals surface area contributed by atoms with E-state index < -0.39 is 0 Å². The van der Waals surface area contributed by atoms with Gasteiger partial charge in [0.2, 0.25) is 0 Å². The molecule has 0 bridgehead atoms. The first-order chi connectivity index (χ1) is 12.6. The summed E-state index contributed by atoms with van der Waals surface area (Å²) in [5.74, 6) is -0.402. The molecule has 4 rings (SSSR count). The van der Waals surface area contributed by atoms with E-state index in [1.165, 1.54) is 23.5 Å². The quantitative estimate of drug-likeness (QED) is 0.580. The molecule has 26 heavy (non-hydrogen) atoms. The molecule has 2 heterocycles. The third kappa shape index (κ3) is 3.11. The molecule has 0 atom stereocenters. The third-order valence-corrected chi connectivity index (χ3v) is 5.24. The van der Waals surface area contributed by atoms with E-state index >= 15 is 0 Å². The second-order valence-electron chi connectivity index (χ2n) is 5.97. The lowest BCUT2D eigenvalue weighted by Crippen LogP contribution is -2.21. The van der Waals surface area contributed by atoms with Gasteiger partial charge in [0.05, 0.1) is 16.3 Å². The Kier molecular flexibility index (Phi) is 4.26. The van der Waals surface area contributed by atoms with Gasteiger partial charge in [-0.3, -0.25) is 4.79 Å². The maximum atomic E-state index is 13.2. The van der Waals surface area contributed by atoms with Crippen molar-refractivity contribution in [1.82, 2.24) is 15.1 Å². The van der Waals surface area contributed by atoms with Crippen LogP contribution in [0.1, 0.15) is 20.9 Å². The van der Waals surface area contributed by atoms with Crippen LogP contribution in [0.5, 0.6) is 0 Å². The molecule has 2 aromatic heterocycles. The number of aryl methyl sites for hydroxylation is 1. The van der Waals surface area contributed by atoms with Crippen molar-refractivity contribution in [2.45, 2.75) is 13.5 Å². The van der Waals surface area contributed by atoms with E-state index in [4.69, 9.17) is 0 Å². The number of hydrogen-bond acceptors (Lipinski definition) is 3. The molecule has 0 aliphatic heterocycles. The first kappa shape index (κ1) is 16.5. The predicted octanol–water partition coefficient (Wildman–Crippen LogP) is 4.46. The number of fused-ring (bicyclic) bond motifs is 1. The molecular weight excluding hydrogens is 349 g/mol. The van der Waals surface area contributed by atoms with Crippen LogP contribution in [0.4, 0.5) is 4.39 Å². The number of halogens is 1. The van der Waals surface area contributed by atoms with Gasteiger partial charge in [-0.05, 0) is 42.8 Å². The molecule has 0 aliphatic carbocycles. The number of nitrogens with zero attached hydrogens (tertiary/aromatic N) is 2. The lowest BCUT2D eigenvalue weighted by Gasteiger charge is -2.04. The lowest BCUT2D eigenvalue weighted by atomic mass is 10.2. The third-order valence-electron chi connectivity index (χ3n) is 4.14. The van der Waals surface area contributed by atoms with Crippen molar-refractivity contribution in [1.29, 1.82) is 0 Å². The Labute approximate surface area is 153 Å². The van der Waals surface area contributed by atoms with Gasteiger partial charge in [0.1, 0.15) is 10.6 Å². The Morgan fingerprint density at radius 3 is 2.62 bits per heavy atom. The summed E-state index contributed by atoms with van der Waals surface area (Å²) < 4.78 is 14.9. The van der Waals surface area contributed by atoms with Gasteiger partial charge in [0, 0.05) is 11.9 Å². The van der Waals surface area contributed by atoms with E-state index in [2.05, 4.69) is 10.4 Å². The minimum absolute atomic E-state index is 0.111. The van der Waals surface area contributed by atoms with Gasteiger partial charge >= 0.3 is 0 Å². The molecule has 0 fully saturated rings. The molecule has 2 aromatic carbocycles. The maximum absolute atomic E-state index is 13.2. The maximum Gasteiger partial charge on any atom is 0.261 e. The molecule has 6 heteroatoms. The van der Waals surface area contributed by atoms with Crippen molar-refractivity contribution in [2.24, 2.45) is 0 Å². The Bertz CT molecular complexity index is 1070. The number of rotatable bonds is 4. The average molecular weight is 365 g/mol. The second-order valence-corrected chi connectivity index (χ2v) is 7.00. The summed E-state index contributed by atoms with van der Waals surface area (Å²) in [6.07, 6.45) is 0. The number of nitrogens with one attached hydrogen (secondary N) is 1. The number of hydrogen-bond donors (Lipinski definition) is 1. The van der Waals surface area contributed by atoms with E-state index in [1.54, 1.807) is 16.8 Å². The Hall–Kier alpha value is -2.99. The predicted molar refractivity (Wildman–Crippen MR) is 101 cm³/mol. The van der Waals surface area contributed by atoms with Gasteiger partial charge in [-0.1, -0.05) is 30.3 Å². The molecule has 4 aromatic rings. The molecule has 0 unspecified atom stereocenters. The molecule has 0 aliphatic rings. The van der Waals surface area contributed by atoms with Gasteiger partial charge in [0.25, 0.3) is 5.91 Å². The van der Waals surface area contributed by atoms with Crippen LogP contribution >= 0.6 is 11.3 Å². The fraction of sp³-hybridized carbons (Fsp3) is 0.100. The zero-order valence-electron chi connectivity index (χ0n) is 14.1. The normalized spacial score (nSPS) is 11.0. The molecule has 130 valence electrons. The van der Waals surface area contributed by atoms with Crippen LogP contribution in [-0.2, 0) is 6.54 Å². The largest absolute Gasteiger partial charge is 0.347 e. The molecule has 0 spiro atoms. The number of carbonyl (C=O) groups is 1. The molecule has 0 radical (unpaired) electrons. The highest BCUT2D eigenvalue weighted by Crippen LogP contribution is 2.30. The van der Waals surface area contributed by atoms with Gasteiger partial charge in [-0.15, -0.1) is 11.3 Å². The summed E-state index contributed by atoms with van der Waals surface area (Å²) >= 11 is 1.38. The molecule has 0 saturated heterocycles. The van der Waals surface area contributed by atoms with Crippen LogP contribution in [0, 0.1) is 12.7 Å². The van der Waals surface area contributed by atoms with Gasteiger partial charge in [-0.25, -0.2) is 9.07 Å². The standard InChI is InChI=1S/C20H16FN3OS/c1-13-17-11-18(19(25)22-12-14-5-3-2-4-6-14)26-20(17)24(23-13)16-9-7-15(21)8-10-16/h2-11H,12H2,1H3,(H,22,25). The fourth-order valence-corrected chi connectivity index (χ4v) is 3.88. The van der Waals surface area contributed by atoms with Crippen LogP contribution in [-0.4, -0.2) is 15.7 Å². The van der Waals surface area contributed by atoms with Crippen LogP contribution < -0.4 is 5.32 Å². The van der Waals surface area contributed by atoms with Gasteiger partial charge in [-0.2, -0.15) is 5.10 Å². The van der Waals surface area contributed by atoms with E-state index in [1.807, 2.05) is 43.3 Å². The lowest BCUT2D eigenvalue weighted by molar-refractivity contribution is 0.0955. The Morgan fingerprint density at radius 1 is 1.15 bits per heavy atom. The minimum atomic E-state index is -0.291. The minimum Gasteiger partial charge on any atom is -0.347 e. The zero-order chi connectivity index (χ0) is 18.1. The summed E-state index contributed by atoms with van der Waals surface area (Å²) in [5.41, 5.74) is 2.65. The summed E-state index contributed by atoms with van der Waals surface area (Å²) in [6.45, 7) is 2.39. The molecule has 1 N–H and O–H groups in total. The highest BCUT2D eigenvalue weighted by Gasteiger charge is 2.17. The van der Waals surface area contributed by atoms with Crippen molar-refractivity contribution in [3.05, 3.63) is 82.6 Å². The average Bonchev–Trinajstić information content (AvgIpc) is 3.22. The van der Waals surface area contributed by atoms with Gasteiger partial charge < -0.3 is 5.32 Å². The number of benzene rings is 2. The van der Waals surface area contributed by atoms with Crippen LogP contribution in [0.15, 0.2) is 60.7 Å². The summed E-state index contributed by atoms with van der Waals surface area (Å²) in [7, 11) is 0. The summed E-state index contributed by atoms with van der Waals surface area (Å²) in [4.78, 5) is 14.0. The van der Waals surface area contributed by atoms with Crippen molar-refractivity contribution in [3.63, 3.8) is 0 Å². The number of amides is 1. The molecular formula is C20H16FN3OS. The first-order valence-electron chi connectivity index (χ1n) is 8.19. The van der Waals surface area contributed by atoms with Crippen LogP contribution in [0.2, 0.25) is 0 Å². The monoisotopic (exact) mass is 365 g/mol. The first-order valence-corrected chi connectivity index (χ1v) is 9.01. The highest BCUT2D eigenvalue weighted by atomic mass is 32.1. The number of thiophene rings is 1. The van der Waals surface area contributed by atoms with Crippen LogP contribution in [0.3, 0.4) is 0 Å². The van der Waals surface area contributed by atoms with E-state index in [0.29, 0.717) is 11.4 Å². The highest BCUT2D eigenvalue weighted by molar-refractivity contribution is 7.20. The van der Waals surface area contributed by atoms with Crippen molar-refractivity contribution >= 4 is 27.5 Å². The van der Waals surface area contributed by atoms with E-state index in [9.17, 15) is 9.18 Å². The van der Waals surface area contributed by atoms with Crippen molar-refractivity contribution in [3.8, 4) is 5.69 Å². The van der Waals surface area contributed by atoms with E-state index in [-0.39, 0.29) is 11.7 Å². The van der Waals surface area contributed by atoms with Crippen molar-refractivity contribution < 1.29 is 9.18 Å². The number of aromatic nitrogens is 2. The van der Waals surface area contributed by atoms with Crippen LogP contribution in [0.25, 0.3) is 15.9 Å². The molecule has 0 saturated carbocycles. The smallest absolute Gasteiger partial charge is 0.261 e. The summed E-state index contributed by atoms with van der Waals surface area (Å²) in [5, 5.41) is 8.40. The van der Waals surface area contributed by atoms with E-state index in [0.717, 1.165) is 27.2 Å². The van der Waals surface area contributed by atoms with Crippen molar-refractivity contribution in [2.75, 3.05) is 0 Å². The molecule has 4 nitrogen and oxygen atoms in total. The fourth-order valence-electron chi connectivity index (χ4n) is 2.78. The Morgan fingerprint density at radius 2 is 1.88 bits per heavy atom. The second kappa shape index (κ2) is 6.72. The topological polar surface area (TPSA) is 46.9 Å². The number of carbonyl (C=O) groups excluding carboxylic acids is 1. The Balaban J connectivity index is 1.62. The SMILES string of the molecule is Cc1nn(-c2ccc(F)cc2)c2sc(C(=O)NCc3ccccc3)cc12. The summed E-state index contributed by atoms with van der Waals surface area (Å²) in [6, 6.07) is 17.8. The zero-order valence-corrected chi connectivity index (χ0v) is 14.9. The molecule has 1 amide bonds.